The molecule has 0 aromatic heterocycles. The van der Waals surface area contributed by atoms with Crippen molar-refractivity contribution in [1.29, 1.82) is 0 Å². The van der Waals surface area contributed by atoms with Crippen LogP contribution in [-0.4, -0.2) is 3.92 Å². The summed E-state index contributed by atoms with van der Waals surface area (Å²) in [6.07, 6.45) is 5.50. The Labute approximate surface area is 151 Å². The van der Waals surface area contributed by atoms with Crippen molar-refractivity contribution in [2.75, 3.05) is 0 Å². The lowest BCUT2D eigenvalue weighted by atomic mass is 9.73. The van der Waals surface area contributed by atoms with Crippen LogP contribution in [0, 0.1) is 6.92 Å². The summed E-state index contributed by atoms with van der Waals surface area (Å²) in [4.78, 5) is 0. The SMILES string of the molecule is Cc1c(C(C)(C)C)cc(C2CCC(I)CC2)cc1C(C)(C)C. The molecule has 1 aliphatic carbocycles. The van der Waals surface area contributed by atoms with Gasteiger partial charge in [-0.2, -0.15) is 0 Å². The average Bonchev–Trinajstić information content (AvgIpc) is 2.37. The van der Waals surface area contributed by atoms with Crippen LogP contribution in [0.2, 0.25) is 0 Å². The van der Waals surface area contributed by atoms with Gasteiger partial charge in [-0.3, -0.25) is 0 Å². The summed E-state index contributed by atoms with van der Waals surface area (Å²) in [6.45, 7) is 16.5. The standard InChI is InChI=1S/C21H33I/c1-14-18(20(2,3)4)12-16(13-19(14)21(5,6)7)15-8-10-17(22)11-9-15/h12-13,15,17H,8-11H2,1-7H3. The van der Waals surface area contributed by atoms with Crippen LogP contribution in [0.15, 0.2) is 12.1 Å². The summed E-state index contributed by atoms with van der Waals surface area (Å²) >= 11 is 2.63. The number of halogens is 1. The molecule has 0 radical (unpaired) electrons. The lowest BCUT2D eigenvalue weighted by molar-refractivity contribution is 0.459. The highest BCUT2D eigenvalue weighted by molar-refractivity contribution is 14.1. The van der Waals surface area contributed by atoms with Gasteiger partial charge in [0.05, 0.1) is 0 Å². The van der Waals surface area contributed by atoms with Gasteiger partial charge in [0.2, 0.25) is 0 Å². The molecule has 22 heavy (non-hydrogen) atoms. The first-order valence-electron chi connectivity index (χ1n) is 8.79. The zero-order valence-corrected chi connectivity index (χ0v) is 17.7. The topological polar surface area (TPSA) is 0 Å². The third-order valence-corrected chi connectivity index (χ3v) is 6.42. The Morgan fingerprint density at radius 3 is 1.59 bits per heavy atom. The Morgan fingerprint density at radius 2 is 1.23 bits per heavy atom. The first kappa shape index (κ1) is 18.3. The van der Waals surface area contributed by atoms with E-state index in [9.17, 15) is 0 Å². The number of hydrogen-bond donors (Lipinski definition) is 0. The van der Waals surface area contributed by atoms with E-state index in [2.05, 4.69) is 83.2 Å². The Morgan fingerprint density at radius 1 is 0.818 bits per heavy atom. The molecule has 0 bridgehead atoms. The van der Waals surface area contributed by atoms with Crippen LogP contribution in [0.5, 0.6) is 0 Å². The van der Waals surface area contributed by atoms with Crippen molar-refractivity contribution in [3.05, 3.63) is 34.4 Å². The minimum atomic E-state index is 0.223. The quantitative estimate of drug-likeness (QED) is 0.342. The van der Waals surface area contributed by atoms with Crippen molar-refractivity contribution >= 4 is 22.6 Å². The second-order valence-corrected chi connectivity index (χ2v) is 11.0. The van der Waals surface area contributed by atoms with Crippen molar-refractivity contribution in [3.63, 3.8) is 0 Å². The number of alkyl halides is 1. The van der Waals surface area contributed by atoms with Gasteiger partial charge in [-0.25, -0.2) is 0 Å². The van der Waals surface area contributed by atoms with Gasteiger partial charge >= 0.3 is 0 Å². The van der Waals surface area contributed by atoms with Gasteiger partial charge in [0.1, 0.15) is 0 Å². The Hall–Kier alpha value is -0.0500. The summed E-state index contributed by atoms with van der Waals surface area (Å²) in [5.41, 5.74) is 6.65. The number of rotatable bonds is 1. The largest absolute Gasteiger partial charge is 0.0826 e. The molecule has 0 unspecified atom stereocenters. The van der Waals surface area contributed by atoms with E-state index in [4.69, 9.17) is 0 Å². The van der Waals surface area contributed by atoms with Gasteiger partial charge in [0.25, 0.3) is 0 Å². The fraction of sp³-hybridized carbons (Fsp3) is 0.714. The van der Waals surface area contributed by atoms with E-state index in [-0.39, 0.29) is 10.8 Å². The average molecular weight is 412 g/mol. The molecule has 0 atom stereocenters. The fourth-order valence-electron chi connectivity index (χ4n) is 3.92. The molecule has 1 heteroatoms. The Kier molecular flexibility index (Phi) is 5.36. The predicted molar refractivity (Wildman–Crippen MR) is 108 cm³/mol. The summed E-state index contributed by atoms with van der Waals surface area (Å²) in [7, 11) is 0. The molecule has 0 aliphatic heterocycles. The molecule has 1 aliphatic rings. The van der Waals surface area contributed by atoms with E-state index in [1.807, 2.05) is 0 Å². The second kappa shape index (κ2) is 6.45. The molecule has 0 amide bonds. The van der Waals surface area contributed by atoms with Crippen LogP contribution >= 0.6 is 22.6 Å². The second-order valence-electron chi connectivity index (χ2n) is 9.19. The lowest BCUT2D eigenvalue weighted by Crippen LogP contribution is -2.21. The highest BCUT2D eigenvalue weighted by Crippen LogP contribution is 2.41. The molecule has 0 N–H and O–H groups in total. The maximum Gasteiger partial charge on any atom is 0.0110 e. The summed E-state index contributed by atoms with van der Waals surface area (Å²) in [5.74, 6) is 0.772. The smallest absolute Gasteiger partial charge is 0.0110 e. The lowest BCUT2D eigenvalue weighted by Gasteiger charge is -2.33. The van der Waals surface area contributed by atoms with E-state index >= 15 is 0 Å². The molecular weight excluding hydrogens is 379 g/mol. The summed E-state index contributed by atoms with van der Waals surface area (Å²) in [6, 6.07) is 5.06. The molecule has 1 aromatic rings. The van der Waals surface area contributed by atoms with Crippen LogP contribution in [0.1, 0.15) is 95.4 Å². The van der Waals surface area contributed by atoms with Gasteiger partial charge < -0.3 is 0 Å². The molecule has 124 valence electrons. The first-order chi connectivity index (χ1) is 10.00. The number of hydrogen-bond acceptors (Lipinski definition) is 0. The summed E-state index contributed by atoms with van der Waals surface area (Å²) < 4.78 is 0.892. The van der Waals surface area contributed by atoms with Crippen LogP contribution in [0.25, 0.3) is 0 Å². The van der Waals surface area contributed by atoms with Gasteiger partial charge in [-0.1, -0.05) is 76.3 Å². The molecule has 1 saturated carbocycles. The third-order valence-electron chi connectivity index (χ3n) is 5.17. The van der Waals surface area contributed by atoms with Gasteiger partial charge in [-0.15, -0.1) is 0 Å². The van der Waals surface area contributed by atoms with Gasteiger partial charge in [0.15, 0.2) is 0 Å². The maximum atomic E-state index is 2.63. The first-order valence-corrected chi connectivity index (χ1v) is 10.0. The molecule has 0 spiro atoms. The minimum Gasteiger partial charge on any atom is -0.0826 e. The van der Waals surface area contributed by atoms with E-state index in [0.29, 0.717) is 0 Å². The van der Waals surface area contributed by atoms with Crippen molar-refractivity contribution in [2.45, 2.75) is 94.8 Å². The normalized spacial score (nSPS) is 23.6. The molecule has 2 rings (SSSR count). The fourth-order valence-corrected chi connectivity index (χ4v) is 4.64. The molecule has 0 nitrogen and oxygen atoms in total. The Balaban J connectivity index is 2.51. The van der Waals surface area contributed by atoms with E-state index in [0.717, 1.165) is 9.84 Å². The molecule has 1 aromatic carbocycles. The Bertz CT molecular complexity index is 485. The van der Waals surface area contributed by atoms with Crippen LogP contribution < -0.4 is 0 Å². The highest BCUT2D eigenvalue weighted by Gasteiger charge is 2.27. The zero-order chi connectivity index (χ0) is 16.7. The third kappa shape index (κ3) is 4.07. The molecule has 1 fully saturated rings. The predicted octanol–water partition coefficient (Wildman–Crippen LogP) is 7.05. The van der Waals surface area contributed by atoms with Crippen molar-refractivity contribution in [1.82, 2.24) is 0 Å². The zero-order valence-electron chi connectivity index (χ0n) is 15.5. The van der Waals surface area contributed by atoms with E-state index in [1.54, 1.807) is 16.7 Å². The minimum absolute atomic E-state index is 0.223. The van der Waals surface area contributed by atoms with Crippen LogP contribution in [0.3, 0.4) is 0 Å². The molecular formula is C21H33I. The monoisotopic (exact) mass is 412 g/mol. The summed E-state index contributed by atoms with van der Waals surface area (Å²) in [5, 5.41) is 0. The van der Waals surface area contributed by atoms with E-state index < -0.39 is 0 Å². The van der Waals surface area contributed by atoms with Crippen molar-refractivity contribution in [2.24, 2.45) is 0 Å². The van der Waals surface area contributed by atoms with Gasteiger partial charge in [0, 0.05) is 3.92 Å². The number of benzene rings is 1. The van der Waals surface area contributed by atoms with Crippen LogP contribution in [0.4, 0.5) is 0 Å². The van der Waals surface area contributed by atoms with Crippen molar-refractivity contribution < 1.29 is 0 Å². The van der Waals surface area contributed by atoms with E-state index in [1.165, 1.54) is 31.2 Å². The highest BCUT2D eigenvalue weighted by atomic mass is 127. The molecule has 0 saturated heterocycles. The van der Waals surface area contributed by atoms with Gasteiger partial charge in [-0.05, 0) is 71.6 Å². The molecule has 0 heterocycles. The van der Waals surface area contributed by atoms with Crippen molar-refractivity contribution in [3.8, 4) is 0 Å². The maximum absolute atomic E-state index is 2.63. The van der Waals surface area contributed by atoms with Crippen LogP contribution in [-0.2, 0) is 10.8 Å².